The first-order valence-electron chi connectivity index (χ1n) is 10.7. The third kappa shape index (κ3) is 7.54. The molecule has 0 radical (unpaired) electrons. The Kier molecular flexibility index (Phi) is 8.87. The predicted octanol–water partition coefficient (Wildman–Crippen LogP) is 4.10. The van der Waals surface area contributed by atoms with Gasteiger partial charge in [-0.2, -0.15) is 0 Å². The van der Waals surface area contributed by atoms with Gasteiger partial charge in [0.25, 0.3) is 0 Å². The Hall–Kier alpha value is -3.12. The van der Waals surface area contributed by atoms with Crippen LogP contribution in [0.2, 0.25) is 5.02 Å². The van der Waals surface area contributed by atoms with Crippen LogP contribution in [0.1, 0.15) is 42.9 Å². The molecule has 7 heteroatoms. The second kappa shape index (κ2) is 12.1. The summed E-state index contributed by atoms with van der Waals surface area (Å²) in [5.41, 5.74) is 1.74. The van der Waals surface area contributed by atoms with E-state index < -0.39 is 12.0 Å². The van der Waals surface area contributed by atoms with Gasteiger partial charge in [0.05, 0.1) is 12.5 Å². The molecule has 6 nitrogen and oxygen atoms in total. The summed E-state index contributed by atoms with van der Waals surface area (Å²) in [4.78, 5) is 37.5. The fraction of sp³-hybridized carbons (Fsp3) is 0.320. The molecule has 1 aliphatic heterocycles. The van der Waals surface area contributed by atoms with Gasteiger partial charge in [-0.1, -0.05) is 66.2 Å². The summed E-state index contributed by atoms with van der Waals surface area (Å²) >= 11 is 5.89. The summed E-state index contributed by atoms with van der Waals surface area (Å²) in [6.07, 6.45) is 4.41. The monoisotopic (exact) mass is 454 g/mol. The molecule has 2 amide bonds. The Morgan fingerprint density at radius 2 is 1.81 bits per heavy atom. The highest BCUT2D eigenvalue weighted by Gasteiger charge is 2.24. The van der Waals surface area contributed by atoms with Gasteiger partial charge < -0.3 is 15.4 Å². The minimum absolute atomic E-state index is 0.0690. The maximum Gasteiger partial charge on any atom is 0.306 e. The van der Waals surface area contributed by atoms with Gasteiger partial charge in [0, 0.05) is 24.4 Å². The summed E-state index contributed by atoms with van der Waals surface area (Å²) in [5, 5.41) is 6.35. The molecular formula is C25H27ClN2O4. The van der Waals surface area contributed by atoms with Crippen molar-refractivity contribution in [3.05, 3.63) is 82.9 Å². The molecule has 2 N–H and O–H groups in total. The van der Waals surface area contributed by atoms with Crippen LogP contribution in [-0.4, -0.2) is 24.3 Å². The Morgan fingerprint density at radius 3 is 2.56 bits per heavy atom. The zero-order chi connectivity index (χ0) is 22.8. The smallest absolute Gasteiger partial charge is 0.306 e. The van der Waals surface area contributed by atoms with Crippen LogP contribution in [0.3, 0.4) is 0 Å². The van der Waals surface area contributed by atoms with Crippen molar-refractivity contribution in [1.29, 1.82) is 0 Å². The number of rotatable bonds is 5. The normalized spacial score (nSPS) is 20.8. The van der Waals surface area contributed by atoms with Crippen molar-refractivity contribution in [1.82, 2.24) is 10.6 Å². The van der Waals surface area contributed by atoms with E-state index in [2.05, 4.69) is 10.6 Å². The summed E-state index contributed by atoms with van der Waals surface area (Å²) < 4.78 is 5.59. The van der Waals surface area contributed by atoms with Crippen molar-refractivity contribution in [3.8, 4) is 0 Å². The summed E-state index contributed by atoms with van der Waals surface area (Å²) in [6, 6.07) is 16.5. The number of carbonyl (C=O) groups is 3. The number of allylic oxidation sites excluding steroid dienone is 2. The molecule has 2 aromatic rings. The van der Waals surface area contributed by atoms with Crippen LogP contribution < -0.4 is 10.6 Å². The van der Waals surface area contributed by atoms with E-state index in [1.165, 1.54) is 0 Å². The number of cyclic esters (lactones) is 1. The van der Waals surface area contributed by atoms with E-state index in [-0.39, 0.29) is 37.2 Å². The number of ether oxygens (including phenoxy) is 1. The number of benzene rings is 2. The lowest BCUT2D eigenvalue weighted by Crippen LogP contribution is -2.37. The molecule has 0 spiro atoms. The van der Waals surface area contributed by atoms with E-state index in [1.807, 2.05) is 54.6 Å². The zero-order valence-corrected chi connectivity index (χ0v) is 18.5. The van der Waals surface area contributed by atoms with E-state index in [4.69, 9.17) is 16.3 Å². The Labute approximate surface area is 193 Å². The fourth-order valence-corrected chi connectivity index (χ4v) is 3.54. The Balaban J connectivity index is 1.62. The number of hydrogen-bond acceptors (Lipinski definition) is 4. The maximum atomic E-state index is 12.9. The molecule has 3 rings (SSSR count). The molecular weight excluding hydrogens is 428 g/mol. The molecule has 2 aromatic carbocycles. The average molecular weight is 455 g/mol. The molecule has 0 saturated carbocycles. The van der Waals surface area contributed by atoms with E-state index >= 15 is 0 Å². The van der Waals surface area contributed by atoms with E-state index in [9.17, 15) is 14.4 Å². The Bertz CT molecular complexity index is 944. The standard InChI is InChI=1S/C25H27ClN2O4/c26-21-13-11-18(12-14-21)16-27-23(29)15-20-9-5-2-6-10-24(30)32-22(17-28-25(20)31)19-7-3-1-4-8-19/h1-5,7-8,11-14,20,22H,6,9-10,15-17H2,(H,27,29)(H,28,31)/b5-2+. The molecule has 1 aliphatic rings. The van der Waals surface area contributed by atoms with Crippen LogP contribution >= 0.6 is 11.6 Å². The highest BCUT2D eigenvalue weighted by Crippen LogP contribution is 2.19. The molecule has 2 unspecified atom stereocenters. The lowest BCUT2D eigenvalue weighted by Gasteiger charge is -2.21. The second-order valence-electron chi connectivity index (χ2n) is 7.68. The first kappa shape index (κ1) is 23.5. The highest BCUT2D eigenvalue weighted by molar-refractivity contribution is 6.30. The summed E-state index contributed by atoms with van der Waals surface area (Å²) in [7, 11) is 0. The van der Waals surface area contributed by atoms with Crippen LogP contribution in [0.15, 0.2) is 66.7 Å². The lowest BCUT2D eigenvalue weighted by molar-refractivity contribution is -0.150. The quantitative estimate of drug-likeness (QED) is 0.526. The second-order valence-corrected chi connectivity index (χ2v) is 8.12. The van der Waals surface area contributed by atoms with Crippen molar-refractivity contribution >= 4 is 29.4 Å². The SMILES string of the molecule is O=C(CC1C/C=C/CCC(=O)OC(c2ccccc2)CNC1=O)NCc1ccc(Cl)cc1. The minimum Gasteiger partial charge on any atom is -0.456 e. The molecule has 32 heavy (non-hydrogen) atoms. The zero-order valence-electron chi connectivity index (χ0n) is 17.8. The first-order valence-corrected chi connectivity index (χ1v) is 11.1. The lowest BCUT2D eigenvalue weighted by atomic mass is 9.98. The van der Waals surface area contributed by atoms with Gasteiger partial charge in [-0.25, -0.2) is 0 Å². The molecule has 1 heterocycles. The van der Waals surface area contributed by atoms with Crippen LogP contribution in [0.4, 0.5) is 0 Å². The van der Waals surface area contributed by atoms with Gasteiger partial charge in [0.2, 0.25) is 11.8 Å². The van der Waals surface area contributed by atoms with E-state index in [0.717, 1.165) is 11.1 Å². The van der Waals surface area contributed by atoms with E-state index in [1.54, 1.807) is 12.1 Å². The number of amides is 2. The van der Waals surface area contributed by atoms with Crippen LogP contribution in [0, 0.1) is 5.92 Å². The van der Waals surface area contributed by atoms with Crippen molar-refractivity contribution in [3.63, 3.8) is 0 Å². The topological polar surface area (TPSA) is 84.5 Å². The summed E-state index contributed by atoms with van der Waals surface area (Å²) in [5.74, 6) is -1.26. The van der Waals surface area contributed by atoms with Gasteiger partial charge in [0.1, 0.15) is 6.10 Å². The van der Waals surface area contributed by atoms with Crippen molar-refractivity contribution in [2.45, 2.75) is 38.3 Å². The first-order chi connectivity index (χ1) is 15.5. The maximum absolute atomic E-state index is 12.9. The largest absolute Gasteiger partial charge is 0.456 e. The Morgan fingerprint density at radius 1 is 1.06 bits per heavy atom. The summed E-state index contributed by atoms with van der Waals surface area (Å²) in [6.45, 7) is 0.521. The highest BCUT2D eigenvalue weighted by atomic mass is 35.5. The van der Waals surface area contributed by atoms with Gasteiger partial charge in [0.15, 0.2) is 0 Å². The van der Waals surface area contributed by atoms with Gasteiger partial charge in [-0.05, 0) is 36.1 Å². The number of hydrogen-bond donors (Lipinski definition) is 2. The number of carbonyl (C=O) groups excluding carboxylic acids is 3. The number of esters is 1. The predicted molar refractivity (Wildman–Crippen MR) is 123 cm³/mol. The van der Waals surface area contributed by atoms with Crippen LogP contribution in [0.5, 0.6) is 0 Å². The van der Waals surface area contributed by atoms with Crippen molar-refractivity contribution in [2.75, 3.05) is 6.54 Å². The van der Waals surface area contributed by atoms with Crippen molar-refractivity contribution < 1.29 is 19.1 Å². The van der Waals surface area contributed by atoms with Gasteiger partial charge in [-0.3, -0.25) is 14.4 Å². The molecule has 2 atom stereocenters. The van der Waals surface area contributed by atoms with Gasteiger partial charge in [-0.15, -0.1) is 0 Å². The molecule has 0 aliphatic carbocycles. The molecule has 168 valence electrons. The third-order valence-electron chi connectivity index (χ3n) is 5.21. The minimum atomic E-state index is -0.574. The number of nitrogens with one attached hydrogen (secondary N) is 2. The number of halogens is 1. The third-order valence-corrected chi connectivity index (χ3v) is 5.47. The van der Waals surface area contributed by atoms with Crippen molar-refractivity contribution in [2.24, 2.45) is 5.92 Å². The average Bonchev–Trinajstić information content (AvgIpc) is 2.80. The molecule has 0 fully saturated rings. The molecule has 0 aromatic heterocycles. The fourth-order valence-electron chi connectivity index (χ4n) is 3.41. The van der Waals surface area contributed by atoms with Gasteiger partial charge >= 0.3 is 5.97 Å². The van der Waals surface area contributed by atoms with E-state index in [0.29, 0.717) is 24.4 Å². The van der Waals surface area contributed by atoms with Crippen LogP contribution in [0.25, 0.3) is 0 Å². The molecule has 0 bridgehead atoms. The molecule has 0 saturated heterocycles. The van der Waals surface area contributed by atoms with Crippen LogP contribution in [-0.2, 0) is 25.7 Å².